The molecule has 0 spiro atoms. The molecule has 2 aliphatic rings. The largest absolute Gasteiger partial charge is 0.326 e. The number of nitriles is 1. The molecule has 1 aromatic carbocycles. The first-order chi connectivity index (χ1) is 14.6. The number of rotatable bonds is 3. The molecule has 0 atom stereocenters. The maximum atomic E-state index is 12.9. The van der Waals surface area contributed by atoms with E-state index in [0.29, 0.717) is 23.4 Å². The van der Waals surface area contributed by atoms with Gasteiger partial charge in [-0.25, -0.2) is 4.98 Å². The molecule has 1 aliphatic carbocycles. The van der Waals surface area contributed by atoms with E-state index in [4.69, 9.17) is 0 Å². The number of aromatic nitrogens is 3. The number of hydrogen-bond acceptors (Lipinski definition) is 6. The first kappa shape index (κ1) is 18.3. The molecule has 0 bridgehead atoms. The Balaban J connectivity index is 1.56. The van der Waals surface area contributed by atoms with Crippen molar-refractivity contribution in [1.82, 2.24) is 14.5 Å². The normalized spacial score (nSPS) is 16.2. The predicted molar refractivity (Wildman–Crippen MR) is 113 cm³/mol. The number of aryl methyl sites for hydroxylation is 1. The van der Waals surface area contributed by atoms with Crippen LogP contribution < -0.4 is 16.2 Å². The third kappa shape index (κ3) is 3.18. The molecule has 8 nitrogen and oxygen atoms in total. The molecule has 1 amide bonds. The Labute approximate surface area is 172 Å². The van der Waals surface area contributed by atoms with Crippen molar-refractivity contribution in [1.29, 1.82) is 5.26 Å². The Kier molecular flexibility index (Phi) is 4.43. The molecule has 8 heteroatoms. The van der Waals surface area contributed by atoms with Crippen LogP contribution in [0.25, 0.3) is 11.0 Å². The zero-order chi connectivity index (χ0) is 20.7. The summed E-state index contributed by atoms with van der Waals surface area (Å²) >= 11 is 0. The zero-order valence-electron chi connectivity index (χ0n) is 16.3. The molecular weight excluding hydrogens is 380 g/mol. The van der Waals surface area contributed by atoms with Gasteiger partial charge in [0.1, 0.15) is 17.3 Å². The average Bonchev–Trinajstić information content (AvgIpc) is 3.27. The van der Waals surface area contributed by atoms with E-state index in [2.05, 4.69) is 20.6 Å². The molecule has 3 heterocycles. The van der Waals surface area contributed by atoms with Crippen molar-refractivity contribution in [3.63, 3.8) is 0 Å². The van der Waals surface area contributed by atoms with Crippen molar-refractivity contribution < 1.29 is 4.79 Å². The van der Waals surface area contributed by atoms with Crippen LogP contribution in [-0.4, -0.2) is 20.4 Å². The Hall–Kier alpha value is -3.73. The zero-order valence-corrected chi connectivity index (χ0v) is 16.3. The number of carbonyl (C=O) groups is 1. The van der Waals surface area contributed by atoms with Gasteiger partial charge < -0.3 is 10.6 Å². The summed E-state index contributed by atoms with van der Waals surface area (Å²) in [6, 6.07) is 9.37. The van der Waals surface area contributed by atoms with Gasteiger partial charge >= 0.3 is 0 Å². The van der Waals surface area contributed by atoms with Crippen molar-refractivity contribution in [2.45, 2.75) is 44.6 Å². The minimum atomic E-state index is -0.293. The van der Waals surface area contributed by atoms with Crippen molar-refractivity contribution >= 4 is 34.3 Å². The highest BCUT2D eigenvalue weighted by Crippen LogP contribution is 2.31. The summed E-state index contributed by atoms with van der Waals surface area (Å²) in [7, 11) is 0. The quantitative estimate of drug-likeness (QED) is 0.697. The van der Waals surface area contributed by atoms with E-state index in [9.17, 15) is 14.9 Å². The number of benzene rings is 1. The summed E-state index contributed by atoms with van der Waals surface area (Å²) < 4.78 is 1.67. The van der Waals surface area contributed by atoms with Gasteiger partial charge in [0.05, 0.1) is 0 Å². The summed E-state index contributed by atoms with van der Waals surface area (Å²) in [5.74, 6) is 0.371. The predicted octanol–water partition coefficient (Wildman–Crippen LogP) is 3.41. The van der Waals surface area contributed by atoms with Crippen LogP contribution in [0.15, 0.2) is 35.3 Å². The van der Waals surface area contributed by atoms with Crippen LogP contribution in [-0.2, 0) is 11.2 Å². The van der Waals surface area contributed by atoms with Gasteiger partial charge in [0.25, 0.3) is 5.56 Å². The van der Waals surface area contributed by atoms with Crippen LogP contribution in [0, 0.1) is 11.3 Å². The fourth-order valence-corrected chi connectivity index (χ4v) is 4.34. The molecule has 150 valence electrons. The third-order valence-corrected chi connectivity index (χ3v) is 5.84. The smallest absolute Gasteiger partial charge is 0.270 e. The van der Waals surface area contributed by atoms with Crippen molar-refractivity contribution in [3.8, 4) is 6.07 Å². The number of hydrogen-bond donors (Lipinski definition) is 2. The van der Waals surface area contributed by atoms with Gasteiger partial charge in [-0.1, -0.05) is 18.9 Å². The van der Waals surface area contributed by atoms with E-state index < -0.39 is 0 Å². The number of amides is 1. The first-order valence-corrected chi connectivity index (χ1v) is 10.1. The minimum absolute atomic E-state index is 0.00971. The first-order valence-electron chi connectivity index (χ1n) is 10.1. The lowest BCUT2D eigenvalue weighted by Gasteiger charge is -2.18. The topological polar surface area (TPSA) is 113 Å². The van der Waals surface area contributed by atoms with Crippen LogP contribution >= 0.6 is 0 Å². The Bertz CT molecular complexity index is 1270. The number of nitrogens with zero attached hydrogens (tertiary/aromatic N) is 4. The van der Waals surface area contributed by atoms with E-state index in [1.54, 1.807) is 16.8 Å². The average molecular weight is 400 g/mol. The fraction of sp³-hybridized carbons (Fsp3) is 0.318. The number of fused-ring (bicyclic) bond motifs is 2. The molecule has 1 aliphatic heterocycles. The summed E-state index contributed by atoms with van der Waals surface area (Å²) in [5, 5.41) is 16.1. The molecule has 30 heavy (non-hydrogen) atoms. The SMILES string of the molecule is N#Cc1cc2cnc(Nc3ccc4c(c3)NC(=O)CC4)nc2n(C2CCCC2)c1=O. The summed E-state index contributed by atoms with van der Waals surface area (Å²) in [4.78, 5) is 33.5. The lowest BCUT2D eigenvalue weighted by atomic mass is 10.0. The van der Waals surface area contributed by atoms with Gasteiger partial charge in [-0.2, -0.15) is 10.2 Å². The maximum absolute atomic E-state index is 12.9. The van der Waals surface area contributed by atoms with Crippen LogP contribution in [0.5, 0.6) is 0 Å². The van der Waals surface area contributed by atoms with Crippen molar-refractivity contribution in [2.75, 3.05) is 10.6 Å². The lowest BCUT2D eigenvalue weighted by molar-refractivity contribution is -0.116. The van der Waals surface area contributed by atoms with E-state index in [1.807, 2.05) is 24.3 Å². The Morgan fingerprint density at radius 2 is 2.00 bits per heavy atom. The minimum Gasteiger partial charge on any atom is -0.326 e. The molecule has 0 saturated heterocycles. The monoisotopic (exact) mass is 400 g/mol. The number of anilines is 3. The molecule has 3 aromatic rings. The summed E-state index contributed by atoms with van der Waals surface area (Å²) in [5.41, 5.74) is 2.99. The molecule has 5 rings (SSSR count). The second kappa shape index (κ2) is 7.26. The van der Waals surface area contributed by atoms with Gasteiger partial charge in [-0.15, -0.1) is 0 Å². The number of nitrogens with one attached hydrogen (secondary N) is 2. The molecule has 2 N–H and O–H groups in total. The van der Waals surface area contributed by atoms with Crippen LogP contribution in [0.2, 0.25) is 0 Å². The summed E-state index contributed by atoms with van der Waals surface area (Å²) in [6.45, 7) is 0. The highest BCUT2D eigenvalue weighted by molar-refractivity contribution is 5.94. The highest BCUT2D eigenvalue weighted by atomic mass is 16.1. The number of pyridine rings is 1. The Morgan fingerprint density at radius 1 is 1.17 bits per heavy atom. The van der Waals surface area contributed by atoms with E-state index in [0.717, 1.165) is 49.0 Å². The maximum Gasteiger partial charge on any atom is 0.270 e. The highest BCUT2D eigenvalue weighted by Gasteiger charge is 2.23. The third-order valence-electron chi connectivity index (χ3n) is 5.84. The van der Waals surface area contributed by atoms with E-state index in [-0.39, 0.29) is 23.1 Å². The number of carbonyl (C=O) groups excluding carboxylic acids is 1. The van der Waals surface area contributed by atoms with Crippen LogP contribution in [0.1, 0.15) is 49.3 Å². The second-order valence-corrected chi connectivity index (χ2v) is 7.80. The molecule has 1 saturated carbocycles. The fourth-order valence-electron chi connectivity index (χ4n) is 4.34. The van der Waals surface area contributed by atoms with Crippen LogP contribution in [0.3, 0.4) is 0 Å². The standard InChI is InChI=1S/C22H20N6O2/c23-11-14-9-15-12-24-22(27-20(15)28(21(14)30)17-3-1-2-4-17)25-16-7-5-13-6-8-19(29)26-18(13)10-16/h5,7,9-10,12,17H,1-4,6,8H2,(H,26,29)(H,24,25,27). The molecule has 2 aromatic heterocycles. The summed E-state index contributed by atoms with van der Waals surface area (Å²) in [6.07, 6.45) is 6.79. The van der Waals surface area contributed by atoms with Crippen molar-refractivity contribution in [2.24, 2.45) is 0 Å². The van der Waals surface area contributed by atoms with Crippen molar-refractivity contribution in [3.05, 3.63) is 51.9 Å². The lowest BCUT2D eigenvalue weighted by Crippen LogP contribution is -2.26. The molecular formula is C22H20N6O2. The van der Waals surface area contributed by atoms with E-state index >= 15 is 0 Å². The van der Waals surface area contributed by atoms with Gasteiger partial charge in [-0.05, 0) is 43.0 Å². The molecule has 0 radical (unpaired) electrons. The molecule has 1 fully saturated rings. The van der Waals surface area contributed by atoms with Gasteiger partial charge in [0.15, 0.2) is 0 Å². The van der Waals surface area contributed by atoms with Gasteiger partial charge in [-0.3, -0.25) is 14.2 Å². The van der Waals surface area contributed by atoms with Gasteiger partial charge in [0, 0.05) is 35.4 Å². The van der Waals surface area contributed by atoms with E-state index in [1.165, 1.54) is 0 Å². The second-order valence-electron chi connectivity index (χ2n) is 7.80. The molecule has 0 unspecified atom stereocenters. The van der Waals surface area contributed by atoms with Crippen LogP contribution in [0.4, 0.5) is 17.3 Å². The Morgan fingerprint density at radius 3 is 2.80 bits per heavy atom. The van der Waals surface area contributed by atoms with Gasteiger partial charge in [0.2, 0.25) is 11.9 Å².